The maximum absolute atomic E-state index is 13.3. The van der Waals surface area contributed by atoms with E-state index in [2.05, 4.69) is 48.2 Å². The molecule has 34 heavy (non-hydrogen) atoms. The SMILES string of the molecule is COc1ccc(C(=O)N2CCN(Cc3ccccc3C)CC2)cc1COc1cc(C)ccc1C. The van der Waals surface area contributed by atoms with Gasteiger partial charge >= 0.3 is 0 Å². The Kier molecular flexibility index (Phi) is 7.53. The fraction of sp³-hybridized carbons (Fsp3) is 0.345. The molecule has 0 spiro atoms. The second-order valence-corrected chi connectivity index (χ2v) is 9.08. The first kappa shape index (κ1) is 23.8. The van der Waals surface area contributed by atoms with Gasteiger partial charge in [0.15, 0.2) is 0 Å². The average Bonchev–Trinajstić information content (AvgIpc) is 2.86. The number of ether oxygens (including phenoxy) is 2. The first-order valence-electron chi connectivity index (χ1n) is 11.9. The number of rotatable bonds is 7. The third-order valence-electron chi connectivity index (χ3n) is 6.57. The van der Waals surface area contributed by atoms with Crippen LogP contribution in [0.2, 0.25) is 0 Å². The Morgan fingerprint density at radius 3 is 2.32 bits per heavy atom. The van der Waals surface area contributed by atoms with E-state index in [1.165, 1.54) is 11.1 Å². The van der Waals surface area contributed by atoms with Crippen LogP contribution in [0.5, 0.6) is 11.5 Å². The summed E-state index contributed by atoms with van der Waals surface area (Å²) in [4.78, 5) is 17.6. The summed E-state index contributed by atoms with van der Waals surface area (Å²) in [5.41, 5.74) is 6.44. The van der Waals surface area contributed by atoms with Crippen molar-refractivity contribution in [2.75, 3.05) is 33.3 Å². The van der Waals surface area contributed by atoms with Crippen molar-refractivity contribution < 1.29 is 14.3 Å². The Balaban J connectivity index is 1.40. The number of carbonyl (C=O) groups is 1. The van der Waals surface area contributed by atoms with E-state index in [0.29, 0.717) is 12.2 Å². The van der Waals surface area contributed by atoms with Crippen molar-refractivity contribution in [3.8, 4) is 11.5 Å². The van der Waals surface area contributed by atoms with E-state index >= 15 is 0 Å². The van der Waals surface area contributed by atoms with E-state index in [9.17, 15) is 4.79 Å². The number of hydrogen-bond acceptors (Lipinski definition) is 4. The minimum Gasteiger partial charge on any atom is -0.496 e. The molecule has 0 aliphatic carbocycles. The Labute approximate surface area is 202 Å². The van der Waals surface area contributed by atoms with E-state index in [1.54, 1.807) is 7.11 Å². The minimum absolute atomic E-state index is 0.0613. The summed E-state index contributed by atoms with van der Waals surface area (Å²) >= 11 is 0. The van der Waals surface area contributed by atoms with E-state index < -0.39 is 0 Å². The summed E-state index contributed by atoms with van der Waals surface area (Å²) in [7, 11) is 1.64. The maximum Gasteiger partial charge on any atom is 0.253 e. The second-order valence-electron chi connectivity index (χ2n) is 9.08. The van der Waals surface area contributed by atoms with E-state index in [4.69, 9.17) is 9.47 Å². The number of hydrogen-bond donors (Lipinski definition) is 0. The highest BCUT2D eigenvalue weighted by atomic mass is 16.5. The lowest BCUT2D eigenvalue weighted by Crippen LogP contribution is -2.48. The summed E-state index contributed by atoms with van der Waals surface area (Å²) < 4.78 is 11.6. The van der Waals surface area contributed by atoms with Gasteiger partial charge in [-0.25, -0.2) is 0 Å². The zero-order valence-electron chi connectivity index (χ0n) is 20.6. The van der Waals surface area contributed by atoms with Gasteiger partial charge in [-0.3, -0.25) is 9.69 Å². The summed E-state index contributed by atoms with van der Waals surface area (Å²) in [5, 5.41) is 0. The topological polar surface area (TPSA) is 42.0 Å². The molecule has 0 N–H and O–H groups in total. The van der Waals surface area contributed by atoms with Crippen LogP contribution >= 0.6 is 0 Å². The lowest BCUT2D eigenvalue weighted by Gasteiger charge is -2.35. The molecular weight excluding hydrogens is 424 g/mol. The quantitative estimate of drug-likeness (QED) is 0.491. The molecule has 1 aliphatic heterocycles. The lowest BCUT2D eigenvalue weighted by atomic mass is 10.1. The molecule has 1 heterocycles. The van der Waals surface area contributed by atoms with Gasteiger partial charge in [-0.15, -0.1) is 0 Å². The monoisotopic (exact) mass is 458 g/mol. The summed E-state index contributed by atoms with van der Waals surface area (Å²) in [5.74, 6) is 1.64. The zero-order valence-corrected chi connectivity index (χ0v) is 20.6. The molecule has 178 valence electrons. The standard InChI is InChI=1S/C29H34N2O3/c1-21-9-10-23(3)28(17-21)34-20-26-18-24(11-12-27(26)33-4)29(32)31-15-13-30(14-16-31)19-25-8-6-5-7-22(25)2/h5-12,17-18H,13-16,19-20H2,1-4H3. The Morgan fingerprint density at radius 1 is 0.824 bits per heavy atom. The van der Waals surface area contributed by atoms with Crippen LogP contribution in [0.15, 0.2) is 60.7 Å². The highest BCUT2D eigenvalue weighted by Gasteiger charge is 2.23. The molecule has 5 heteroatoms. The highest BCUT2D eigenvalue weighted by Crippen LogP contribution is 2.25. The van der Waals surface area contributed by atoms with Gasteiger partial charge in [0.25, 0.3) is 5.91 Å². The van der Waals surface area contributed by atoms with Gasteiger partial charge in [0.05, 0.1) is 7.11 Å². The molecule has 0 unspecified atom stereocenters. The van der Waals surface area contributed by atoms with Crippen LogP contribution in [0, 0.1) is 20.8 Å². The van der Waals surface area contributed by atoms with Crippen LogP contribution in [-0.2, 0) is 13.2 Å². The van der Waals surface area contributed by atoms with Gasteiger partial charge in [-0.05, 0) is 67.3 Å². The Bertz CT molecular complexity index is 1150. The summed E-state index contributed by atoms with van der Waals surface area (Å²) in [6.07, 6.45) is 0. The van der Waals surface area contributed by atoms with Crippen LogP contribution in [-0.4, -0.2) is 49.0 Å². The van der Waals surface area contributed by atoms with Gasteiger partial charge in [0, 0.05) is 43.9 Å². The van der Waals surface area contributed by atoms with Crippen molar-refractivity contribution in [2.45, 2.75) is 33.9 Å². The van der Waals surface area contributed by atoms with Gasteiger partial charge in [0.2, 0.25) is 0 Å². The molecule has 1 saturated heterocycles. The van der Waals surface area contributed by atoms with E-state index in [-0.39, 0.29) is 5.91 Å². The Morgan fingerprint density at radius 2 is 1.59 bits per heavy atom. The fourth-order valence-corrected chi connectivity index (χ4v) is 4.36. The largest absolute Gasteiger partial charge is 0.496 e. The number of carbonyl (C=O) groups excluding carboxylic acids is 1. The van der Waals surface area contributed by atoms with Crippen LogP contribution in [0.1, 0.15) is 38.2 Å². The average molecular weight is 459 g/mol. The minimum atomic E-state index is 0.0613. The van der Waals surface area contributed by atoms with Crippen LogP contribution in [0.25, 0.3) is 0 Å². The second kappa shape index (κ2) is 10.7. The van der Waals surface area contributed by atoms with Crippen molar-refractivity contribution in [3.05, 3.63) is 94.0 Å². The molecular formula is C29H34N2O3. The molecule has 0 aromatic heterocycles. The molecule has 0 atom stereocenters. The lowest BCUT2D eigenvalue weighted by molar-refractivity contribution is 0.0628. The predicted octanol–water partition coefficient (Wildman–Crippen LogP) is 5.16. The molecule has 0 saturated carbocycles. The molecule has 1 amide bonds. The van der Waals surface area contributed by atoms with Gasteiger partial charge < -0.3 is 14.4 Å². The van der Waals surface area contributed by atoms with Crippen molar-refractivity contribution in [1.82, 2.24) is 9.80 Å². The third kappa shape index (κ3) is 5.60. The van der Waals surface area contributed by atoms with Crippen LogP contribution < -0.4 is 9.47 Å². The van der Waals surface area contributed by atoms with Crippen LogP contribution in [0.4, 0.5) is 0 Å². The number of nitrogens with zero attached hydrogens (tertiary/aromatic N) is 2. The van der Waals surface area contributed by atoms with Gasteiger partial charge in [0.1, 0.15) is 18.1 Å². The number of piperazine rings is 1. The molecule has 5 nitrogen and oxygen atoms in total. The van der Waals surface area contributed by atoms with Crippen molar-refractivity contribution >= 4 is 5.91 Å². The number of benzene rings is 3. The number of aryl methyl sites for hydroxylation is 3. The normalized spacial score (nSPS) is 14.2. The molecule has 1 fully saturated rings. The fourth-order valence-electron chi connectivity index (χ4n) is 4.36. The first-order chi connectivity index (χ1) is 16.4. The summed E-state index contributed by atoms with van der Waals surface area (Å²) in [6.45, 7) is 10.7. The molecule has 3 aromatic carbocycles. The summed E-state index contributed by atoms with van der Waals surface area (Å²) in [6, 6.07) is 20.3. The smallest absolute Gasteiger partial charge is 0.253 e. The van der Waals surface area contributed by atoms with Crippen LogP contribution in [0.3, 0.4) is 0 Å². The van der Waals surface area contributed by atoms with E-state index in [1.807, 2.05) is 43.0 Å². The van der Waals surface area contributed by atoms with Gasteiger partial charge in [-0.2, -0.15) is 0 Å². The Hall–Kier alpha value is -3.31. The van der Waals surface area contributed by atoms with E-state index in [0.717, 1.165) is 60.9 Å². The maximum atomic E-state index is 13.3. The molecule has 0 radical (unpaired) electrons. The third-order valence-corrected chi connectivity index (χ3v) is 6.57. The van der Waals surface area contributed by atoms with Gasteiger partial charge in [-0.1, -0.05) is 36.4 Å². The number of amides is 1. The van der Waals surface area contributed by atoms with Crippen molar-refractivity contribution in [1.29, 1.82) is 0 Å². The first-order valence-corrected chi connectivity index (χ1v) is 11.9. The van der Waals surface area contributed by atoms with Crippen molar-refractivity contribution in [2.24, 2.45) is 0 Å². The number of methoxy groups -OCH3 is 1. The molecule has 4 rings (SSSR count). The molecule has 1 aliphatic rings. The molecule has 0 bridgehead atoms. The predicted molar refractivity (Wildman–Crippen MR) is 136 cm³/mol. The molecule has 3 aromatic rings. The highest BCUT2D eigenvalue weighted by molar-refractivity contribution is 5.94. The zero-order chi connectivity index (χ0) is 24.1. The van der Waals surface area contributed by atoms with Crippen molar-refractivity contribution in [3.63, 3.8) is 0 Å².